The summed E-state index contributed by atoms with van der Waals surface area (Å²) in [4.78, 5) is 19.3. The van der Waals surface area contributed by atoms with E-state index >= 15 is 0 Å². The minimum atomic E-state index is -0.237. The molecule has 0 bridgehead atoms. The van der Waals surface area contributed by atoms with Crippen LogP contribution in [0.5, 0.6) is 0 Å². The van der Waals surface area contributed by atoms with Crippen LogP contribution in [0, 0.1) is 13.8 Å². The number of rotatable bonds is 3. The fraction of sp³-hybridized carbons (Fsp3) is 0.562. The van der Waals surface area contributed by atoms with Crippen molar-refractivity contribution >= 4 is 11.3 Å². The Morgan fingerprint density at radius 2 is 2.22 bits per heavy atom. The van der Waals surface area contributed by atoms with E-state index in [1.54, 1.807) is 7.05 Å². The maximum absolute atomic E-state index is 12.4. The first-order valence-corrected chi connectivity index (χ1v) is 8.73. The van der Waals surface area contributed by atoms with Crippen LogP contribution in [0.15, 0.2) is 10.2 Å². The first-order chi connectivity index (χ1) is 11.0. The zero-order valence-corrected chi connectivity index (χ0v) is 14.6. The van der Waals surface area contributed by atoms with Crippen LogP contribution in [0.3, 0.4) is 0 Å². The number of nitrogens with zero attached hydrogens (tertiary/aromatic N) is 4. The van der Waals surface area contributed by atoms with Crippen LogP contribution in [0.25, 0.3) is 10.6 Å². The molecule has 6 nitrogen and oxygen atoms in total. The van der Waals surface area contributed by atoms with E-state index in [0.717, 1.165) is 47.9 Å². The second kappa shape index (κ2) is 6.51. The lowest BCUT2D eigenvalue weighted by Crippen LogP contribution is -2.37. The van der Waals surface area contributed by atoms with Crippen molar-refractivity contribution in [3.8, 4) is 10.6 Å². The monoisotopic (exact) mass is 334 g/mol. The first kappa shape index (κ1) is 16.3. The summed E-state index contributed by atoms with van der Waals surface area (Å²) in [6.45, 7) is 6.22. The SMILES string of the molecule is Cc1nn(C)c(=O)c(-c2nc(CN3CCCC(O)C3)cs2)c1C. The van der Waals surface area contributed by atoms with Crippen molar-refractivity contribution in [1.29, 1.82) is 0 Å². The van der Waals surface area contributed by atoms with Crippen LogP contribution < -0.4 is 5.56 Å². The van der Waals surface area contributed by atoms with Gasteiger partial charge in [0.2, 0.25) is 0 Å². The van der Waals surface area contributed by atoms with E-state index in [9.17, 15) is 9.90 Å². The van der Waals surface area contributed by atoms with Crippen molar-refractivity contribution in [3.63, 3.8) is 0 Å². The van der Waals surface area contributed by atoms with Gasteiger partial charge in [-0.1, -0.05) is 0 Å². The fourth-order valence-electron chi connectivity index (χ4n) is 3.00. The Labute approximate surface area is 139 Å². The highest BCUT2D eigenvalue weighted by atomic mass is 32.1. The lowest BCUT2D eigenvalue weighted by molar-refractivity contribution is 0.0663. The fourth-order valence-corrected chi connectivity index (χ4v) is 3.90. The van der Waals surface area contributed by atoms with Gasteiger partial charge in [-0.05, 0) is 38.8 Å². The van der Waals surface area contributed by atoms with E-state index in [0.29, 0.717) is 12.1 Å². The quantitative estimate of drug-likeness (QED) is 0.920. The highest BCUT2D eigenvalue weighted by Gasteiger charge is 2.20. The molecule has 0 saturated carbocycles. The molecular formula is C16H22N4O2S. The number of aliphatic hydroxyl groups excluding tert-OH is 1. The molecule has 1 N–H and O–H groups in total. The Morgan fingerprint density at radius 3 is 2.96 bits per heavy atom. The summed E-state index contributed by atoms with van der Waals surface area (Å²) in [7, 11) is 1.67. The standard InChI is InChI=1S/C16H22N4O2S/c1-10-11(2)18-19(3)16(22)14(10)15-17-12(9-23-15)7-20-6-4-5-13(21)8-20/h9,13,21H,4-8H2,1-3H3. The molecule has 2 aromatic rings. The second-order valence-electron chi connectivity index (χ2n) is 6.19. The van der Waals surface area contributed by atoms with Crippen LogP contribution in [0.4, 0.5) is 0 Å². The van der Waals surface area contributed by atoms with Gasteiger partial charge >= 0.3 is 0 Å². The third-order valence-electron chi connectivity index (χ3n) is 4.36. The number of hydrogen-bond donors (Lipinski definition) is 1. The molecule has 124 valence electrons. The molecule has 0 aliphatic carbocycles. The van der Waals surface area contributed by atoms with Gasteiger partial charge in [0.25, 0.3) is 5.56 Å². The topological polar surface area (TPSA) is 71.2 Å². The Hall–Kier alpha value is -1.57. The number of aliphatic hydroxyl groups is 1. The predicted octanol–water partition coefficient (Wildman–Crippen LogP) is 1.48. The smallest absolute Gasteiger partial charge is 0.277 e. The molecule has 23 heavy (non-hydrogen) atoms. The maximum Gasteiger partial charge on any atom is 0.277 e. The lowest BCUT2D eigenvalue weighted by Gasteiger charge is -2.29. The number of piperidine rings is 1. The molecule has 7 heteroatoms. The van der Waals surface area contributed by atoms with Crippen LogP contribution in [0.2, 0.25) is 0 Å². The van der Waals surface area contributed by atoms with E-state index in [2.05, 4.69) is 15.0 Å². The highest BCUT2D eigenvalue weighted by molar-refractivity contribution is 7.13. The minimum Gasteiger partial charge on any atom is -0.392 e. The Kier molecular flexibility index (Phi) is 4.61. The van der Waals surface area contributed by atoms with Gasteiger partial charge in [0, 0.05) is 25.5 Å². The summed E-state index contributed by atoms with van der Waals surface area (Å²) in [6.07, 6.45) is 1.66. The van der Waals surface area contributed by atoms with Crippen molar-refractivity contribution in [1.82, 2.24) is 19.7 Å². The highest BCUT2D eigenvalue weighted by Crippen LogP contribution is 2.25. The summed E-state index contributed by atoms with van der Waals surface area (Å²) in [5.74, 6) is 0. The van der Waals surface area contributed by atoms with E-state index in [4.69, 9.17) is 0 Å². The van der Waals surface area contributed by atoms with Gasteiger partial charge in [-0.15, -0.1) is 11.3 Å². The number of likely N-dealkylation sites (tertiary alicyclic amines) is 1. The van der Waals surface area contributed by atoms with Crippen molar-refractivity contribution in [2.24, 2.45) is 7.05 Å². The van der Waals surface area contributed by atoms with Gasteiger partial charge in [0.1, 0.15) is 5.01 Å². The van der Waals surface area contributed by atoms with Crippen LogP contribution in [-0.4, -0.2) is 44.0 Å². The molecule has 3 heterocycles. The van der Waals surface area contributed by atoms with E-state index in [-0.39, 0.29) is 11.7 Å². The molecule has 2 aromatic heterocycles. The average Bonchev–Trinajstić information content (AvgIpc) is 2.94. The van der Waals surface area contributed by atoms with E-state index in [1.807, 2.05) is 19.2 Å². The predicted molar refractivity (Wildman–Crippen MR) is 90.6 cm³/mol. The summed E-state index contributed by atoms with van der Waals surface area (Å²) in [5.41, 5.74) is 3.23. The zero-order valence-electron chi connectivity index (χ0n) is 13.7. The Balaban J connectivity index is 1.87. The summed E-state index contributed by atoms with van der Waals surface area (Å²) in [5, 5.41) is 16.7. The molecule has 1 saturated heterocycles. The first-order valence-electron chi connectivity index (χ1n) is 7.85. The van der Waals surface area contributed by atoms with Gasteiger partial charge in [-0.3, -0.25) is 9.69 Å². The molecule has 1 fully saturated rings. The molecule has 1 aliphatic rings. The molecule has 1 unspecified atom stereocenters. The van der Waals surface area contributed by atoms with Crippen LogP contribution in [0.1, 0.15) is 29.8 Å². The van der Waals surface area contributed by atoms with Gasteiger partial charge < -0.3 is 5.11 Å². The summed E-state index contributed by atoms with van der Waals surface area (Å²) < 4.78 is 1.37. The summed E-state index contributed by atoms with van der Waals surface area (Å²) in [6, 6.07) is 0. The Morgan fingerprint density at radius 1 is 1.43 bits per heavy atom. The molecule has 0 radical (unpaired) electrons. The largest absolute Gasteiger partial charge is 0.392 e. The van der Waals surface area contributed by atoms with Gasteiger partial charge in [-0.2, -0.15) is 5.10 Å². The normalized spacial score (nSPS) is 19.2. The second-order valence-corrected chi connectivity index (χ2v) is 7.05. The van der Waals surface area contributed by atoms with Crippen molar-refractivity contribution < 1.29 is 5.11 Å². The van der Waals surface area contributed by atoms with Crippen molar-refractivity contribution in [2.75, 3.05) is 13.1 Å². The summed E-state index contributed by atoms with van der Waals surface area (Å²) >= 11 is 1.50. The number of thiazole rings is 1. The van der Waals surface area contributed by atoms with Crippen LogP contribution in [-0.2, 0) is 13.6 Å². The molecule has 0 amide bonds. The van der Waals surface area contributed by atoms with E-state index in [1.165, 1.54) is 16.0 Å². The number of β-amino-alcohol motifs (C(OH)–C–C–N with tert-alkyl or cyclic N) is 1. The molecule has 1 atom stereocenters. The molecule has 1 aliphatic heterocycles. The molecule has 0 spiro atoms. The van der Waals surface area contributed by atoms with Crippen molar-refractivity contribution in [2.45, 2.75) is 39.3 Å². The van der Waals surface area contributed by atoms with E-state index < -0.39 is 0 Å². The van der Waals surface area contributed by atoms with Crippen LogP contribution >= 0.6 is 11.3 Å². The zero-order chi connectivity index (χ0) is 16.6. The minimum absolute atomic E-state index is 0.109. The maximum atomic E-state index is 12.4. The van der Waals surface area contributed by atoms with Crippen molar-refractivity contribution in [3.05, 3.63) is 32.7 Å². The van der Waals surface area contributed by atoms with Gasteiger partial charge in [0.05, 0.1) is 23.1 Å². The molecular weight excluding hydrogens is 312 g/mol. The Bertz CT molecular complexity index is 768. The third kappa shape index (κ3) is 3.36. The van der Waals surface area contributed by atoms with Gasteiger partial charge in [0.15, 0.2) is 0 Å². The average molecular weight is 334 g/mol. The molecule has 0 aromatic carbocycles. The third-order valence-corrected chi connectivity index (χ3v) is 5.27. The number of aromatic nitrogens is 3. The number of hydrogen-bond acceptors (Lipinski definition) is 6. The van der Waals surface area contributed by atoms with Gasteiger partial charge in [-0.25, -0.2) is 9.67 Å². The lowest BCUT2D eigenvalue weighted by atomic mass is 10.1. The number of aryl methyl sites for hydroxylation is 2. The molecule has 3 rings (SSSR count).